The summed E-state index contributed by atoms with van der Waals surface area (Å²) in [6.07, 6.45) is 0.376. The van der Waals surface area contributed by atoms with Crippen molar-refractivity contribution in [3.63, 3.8) is 0 Å². The molecule has 1 heterocycles. The lowest BCUT2D eigenvalue weighted by Gasteiger charge is -2.01. The van der Waals surface area contributed by atoms with Gasteiger partial charge in [-0.05, 0) is 37.1 Å². The van der Waals surface area contributed by atoms with Crippen molar-refractivity contribution in [1.82, 2.24) is 10.2 Å². The van der Waals surface area contributed by atoms with Crippen molar-refractivity contribution in [2.24, 2.45) is 0 Å². The van der Waals surface area contributed by atoms with Crippen molar-refractivity contribution < 1.29 is 9.21 Å². The van der Waals surface area contributed by atoms with Crippen LogP contribution in [-0.2, 0) is 4.79 Å². The van der Waals surface area contributed by atoms with E-state index in [-0.39, 0.29) is 11.9 Å². The van der Waals surface area contributed by atoms with Crippen molar-refractivity contribution in [3.05, 3.63) is 29.3 Å². The number of anilines is 1. The van der Waals surface area contributed by atoms with Crippen molar-refractivity contribution in [2.45, 2.75) is 27.2 Å². The van der Waals surface area contributed by atoms with Gasteiger partial charge in [0, 0.05) is 12.0 Å². The minimum atomic E-state index is -0.148. The Bertz CT molecular complexity index is 575. The molecule has 0 atom stereocenters. The van der Waals surface area contributed by atoms with E-state index in [0.717, 1.165) is 11.1 Å². The Morgan fingerprint density at radius 2 is 2.06 bits per heavy atom. The number of aryl methyl sites for hydroxylation is 2. The fraction of sp³-hybridized carbons (Fsp3) is 0.308. The molecule has 1 aromatic heterocycles. The van der Waals surface area contributed by atoms with Crippen LogP contribution >= 0.6 is 0 Å². The lowest BCUT2D eigenvalue weighted by atomic mass is 10.1. The first-order chi connectivity index (χ1) is 8.60. The van der Waals surface area contributed by atoms with E-state index >= 15 is 0 Å². The Labute approximate surface area is 105 Å². The van der Waals surface area contributed by atoms with Gasteiger partial charge >= 0.3 is 6.01 Å². The Morgan fingerprint density at radius 1 is 1.28 bits per heavy atom. The molecular weight excluding hydrogens is 230 g/mol. The number of nitrogens with one attached hydrogen (secondary N) is 1. The van der Waals surface area contributed by atoms with Gasteiger partial charge in [-0.2, -0.15) is 0 Å². The molecule has 0 saturated heterocycles. The van der Waals surface area contributed by atoms with Gasteiger partial charge in [0.2, 0.25) is 11.8 Å². The molecule has 94 valence electrons. The average molecular weight is 245 g/mol. The maximum Gasteiger partial charge on any atom is 0.322 e. The quantitative estimate of drug-likeness (QED) is 0.902. The van der Waals surface area contributed by atoms with E-state index in [0.29, 0.717) is 12.3 Å². The number of aromatic nitrogens is 2. The number of hydrogen-bond donors (Lipinski definition) is 1. The fourth-order valence-electron chi connectivity index (χ4n) is 1.47. The van der Waals surface area contributed by atoms with Gasteiger partial charge in [-0.1, -0.05) is 18.1 Å². The number of rotatable bonds is 3. The second kappa shape index (κ2) is 5.00. The second-order valence-electron chi connectivity index (χ2n) is 4.11. The van der Waals surface area contributed by atoms with E-state index in [1.54, 1.807) is 6.92 Å². The molecule has 1 N–H and O–H groups in total. The van der Waals surface area contributed by atoms with E-state index in [1.165, 1.54) is 5.56 Å². The lowest BCUT2D eigenvalue weighted by Crippen LogP contribution is -2.09. The van der Waals surface area contributed by atoms with Crippen molar-refractivity contribution in [2.75, 3.05) is 5.32 Å². The molecular formula is C13H15N3O2. The minimum Gasteiger partial charge on any atom is -0.403 e. The van der Waals surface area contributed by atoms with Gasteiger partial charge in [0.1, 0.15) is 0 Å². The third kappa shape index (κ3) is 2.56. The number of carbonyl (C=O) groups excluding carboxylic acids is 1. The number of hydrogen-bond acceptors (Lipinski definition) is 4. The molecule has 0 aliphatic carbocycles. The summed E-state index contributed by atoms with van der Waals surface area (Å²) in [5.41, 5.74) is 3.21. The molecule has 0 radical (unpaired) electrons. The summed E-state index contributed by atoms with van der Waals surface area (Å²) in [7, 11) is 0. The van der Waals surface area contributed by atoms with Gasteiger partial charge in [0.05, 0.1) is 0 Å². The highest BCUT2D eigenvalue weighted by Gasteiger charge is 2.10. The van der Waals surface area contributed by atoms with Crippen LogP contribution in [0.15, 0.2) is 22.6 Å². The molecule has 1 amide bonds. The van der Waals surface area contributed by atoms with Crippen LogP contribution in [0.4, 0.5) is 6.01 Å². The number of carbonyl (C=O) groups is 1. The normalized spacial score (nSPS) is 10.4. The molecule has 0 spiro atoms. The van der Waals surface area contributed by atoms with Crippen LogP contribution in [0, 0.1) is 13.8 Å². The first-order valence-electron chi connectivity index (χ1n) is 5.81. The Kier molecular flexibility index (Phi) is 3.41. The zero-order valence-corrected chi connectivity index (χ0v) is 10.7. The first-order valence-corrected chi connectivity index (χ1v) is 5.81. The molecule has 5 nitrogen and oxygen atoms in total. The first kappa shape index (κ1) is 12.3. The molecule has 2 rings (SSSR count). The Morgan fingerprint density at radius 3 is 2.72 bits per heavy atom. The average Bonchev–Trinajstić information content (AvgIpc) is 2.81. The van der Waals surface area contributed by atoms with Crippen LogP contribution < -0.4 is 5.32 Å². The predicted octanol–water partition coefficient (Wildman–Crippen LogP) is 2.70. The number of amides is 1. The molecule has 0 aliphatic rings. The molecule has 2 aromatic rings. The van der Waals surface area contributed by atoms with Gasteiger partial charge in [0.15, 0.2) is 0 Å². The Hall–Kier alpha value is -2.17. The summed E-state index contributed by atoms with van der Waals surface area (Å²) in [6.45, 7) is 5.82. The van der Waals surface area contributed by atoms with Crippen LogP contribution in [0.1, 0.15) is 24.5 Å². The number of nitrogens with zero attached hydrogens (tertiary/aromatic N) is 2. The molecule has 18 heavy (non-hydrogen) atoms. The molecule has 0 bridgehead atoms. The fourth-order valence-corrected chi connectivity index (χ4v) is 1.47. The standard InChI is InChI=1S/C13H15N3O2/c1-4-11(17)14-13-16-15-12(18-13)10-6-5-8(2)9(3)7-10/h5-7H,4H2,1-3H3,(H,14,16,17). The topological polar surface area (TPSA) is 68.0 Å². The zero-order valence-electron chi connectivity index (χ0n) is 10.7. The van der Waals surface area contributed by atoms with Crippen LogP contribution in [0.3, 0.4) is 0 Å². The predicted molar refractivity (Wildman–Crippen MR) is 68.1 cm³/mol. The maximum absolute atomic E-state index is 11.2. The molecule has 0 aliphatic heterocycles. The monoisotopic (exact) mass is 245 g/mol. The third-order valence-corrected chi connectivity index (χ3v) is 2.75. The van der Waals surface area contributed by atoms with Gasteiger partial charge < -0.3 is 4.42 Å². The molecule has 0 fully saturated rings. The van der Waals surface area contributed by atoms with Gasteiger partial charge in [-0.3, -0.25) is 10.1 Å². The van der Waals surface area contributed by atoms with Crippen molar-refractivity contribution in [1.29, 1.82) is 0 Å². The van der Waals surface area contributed by atoms with E-state index in [4.69, 9.17) is 4.42 Å². The number of benzene rings is 1. The second-order valence-corrected chi connectivity index (χ2v) is 4.11. The summed E-state index contributed by atoms with van der Waals surface area (Å²) < 4.78 is 5.38. The van der Waals surface area contributed by atoms with Crippen LogP contribution in [0.25, 0.3) is 11.5 Å². The minimum absolute atomic E-state index is 0.134. The molecule has 0 saturated carbocycles. The van der Waals surface area contributed by atoms with E-state index in [9.17, 15) is 4.79 Å². The third-order valence-electron chi connectivity index (χ3n) is 2.75. The van der Waals surface area contributed by atoms with E-state index < -0.39 is 0 Å². The van der Waals surface area contributed by atoms with Crippen LogP contribution in [-0.4, -0.2) is 16.1 Å². The summed E-state index contributed by atoms with van der Waals surface area (Å²) in [4.78, 5) is 11.2. The van der Waals surface area contributed by atoms with Gasteiger partial charge in [-0.25, -0.2) is 0 Å². The molecule has 0 unspecified atom stereocenters. The summed E-state index contributed by atoms with van der Waals surface area (Å²) in [5, 5.41) is 10.2. The smallest absolute Gasteiger partial charge is 0.322 e. The van der Waals surface area contributed by atoms with Gasteiger partial charge in [0.25, 0.3) is 0 Å². The maximum atomic E-state index is 11.2. The van der Waals surface area contributed by atoms with E-state index in [1.807, 2.05) is 32.0 Å². The van der Waals surface area contributed by atoms with Crippen molar-refractivity contribution in [3.8, 4) is 11.5 Å². The largest absolute Gasteiger partial charge is 0.403 e. The van der Waals surface area contributed by atoms with Crippen LogP contribution in [0.2, 0.25) is 0 Å². The SMILES string of the molecule is CCC(=O)Nc1nnc(-c2ccc(C)c(C)c2)o1. The lowest BCUT2D eigenvalue weighted by molar-refractivity contribution is -0.116. The van der Waals surface area contributed by atoms with E-state index in [2.05, 4.69) is 15.5 Å². The highest BCUT2D eigenvalue weighted by atomic mass is 16.4. The summed E-state index contributed by atoms with van der Waals surface area (Å²) >= 11 is 0. The Balaban J connectivity index is 2.23. The zero-order chi connectivity index (χ0) is 13.1. The van der Waals surface area contributed by atoms with Crippen LogP contribution in [0.5, 0.6) is 0 Å². The summed E-state index contributed by atoms with van der Waals surface area (Å²) in [6, 6.07) is 6.03. The molecule has 5 heteroatoms. The van der Waals surface area contributed by atoms with Crippen molar-refractivity contribution >= 4 is 11.9 Å². The molecule has 1 aromatic carbocycles. The van der Waals surface area contributed by atoms with Gasteiger partial charge in [-0.15, -0.1) is 5.10 Å². The highest BCUT2D eigenvalue weighted by molar-refractivity contribution is 5.88. The highest BCUT2D eigenvalue weighted by Crippen LogP contribution is 2.22. The summed E-state index contributed by atoms with van der Waals surface area (Å²) in [5.74, 6) is 0.259.